The van der Waals surface area contributed by atoms with Gasteiger partial charge in [0.25, 0.3) is 0 Å². The number of nitrogens with zero attached hydrogens (tertiary/aromatic N) is 4. The summed E-state index contributed by atoms with van der Waals surface area (Å²) in [4.78, 5) is 10.9. The van der Waals surface area contributed by atoms with Gasteiger partial charge in [-0.1, -0.05) is 0 Å². The second-order valence-electron chi connectivity index (χ2n) is 5.68. The molecule has 0 aromatic carbocycles. The van der Waals surface area contributed by atoms with E-state index >= 15 is 0 Å². The smallest absolute Gasteiger partial charge is 0.138 e. The Labute approximate surface area is 139 Å². The van der Waals surface area contributed by atoms with Crippen molar-refractivity contribution < 1.29 is 4.74 Å². The first-order valence-electron chi connectivity index (χ1n) is 7.68. The average Bonchev–Trinajstić information content (AvgIpc) is 3.18. The molecule has 1 aliphatic heterocycles. The van der Waals surface area contributed by atoms with Crippen LogP contribution in [0.15, 0.2) is 54.4 Å². The highest BCUT2D eigenvalue weighted by Gasteiger charge is 2.23. The van der Waals surface area contributed by atoms with Gasteiger partial charge in [0.1, 0.15) is 16.9 Å². The lowest BCUT2D eigenvalue weighted by Crippen LogP contribution is -2.34. The third-order valence-electron chi connectivity index (χ3n) is 3.95. The summed E-state index contributed by atoms with van der Waals surface area (Å²) < 4.78 is 8.45. The predicted octanol–water partition coefficient (Wildman–Crippen LogP) is 2.80. The van der Waals surface area contributed by atoms with E-state index < -0.39 is 0 Å². The van der Waals surface area contributed by atoms with Crippen molar-refractivity contribution in [3.63, 3.8) is 0 Å². The van der Waals surface area contributed by atoms with Crippen molar-refractivity contribution >= 4 is 11.3 Å². The summed E-state index contributed by atoms with van der Waals surface area (Å²) in [6, 6.07) is 8.14. The molecule has 3 aromatic heterocycles. The standard InChI is InChI=1S/C17H18N4OS/c1-4-15(9-18-5-1)22-16-11-20(13-17-19-6-8-23-17)10-14-3-2-7-21(14)12-16/h1-9,16H,10-13H2/t16-/m1/s1. The van der Waals surface area contributed by atoms with Gasteiger partial charge in [0.2, 0.25) is 0 Å². The van der Waals surface area contributed by atoms with Crippen molar-refractivity contribution in [3.8, 4) is 5.75 Å². The molecular weight excluding hydrogens is 308 g/mol. The number of rotatable bonds is 4. The number of fused-ring (bicyclic) bond motifs is 1. The van der Waals surface area contributed by atoms with Gasteiger partial charge in [-0.2, -0.15) is 0 Å². The van der Waals surface area contributed by atoms with E-state index in [9.17, 15) is 0 Å². The van der Waals surface area contributed by atoms with E-state index in [2.05, 4.69) is 37.8 Å². The Bertz CT molecular complexity index is 741. The zero-order valence-corrected chi connectivity index (χ0v) is 13.5. The van der Waals surface area contributed by atoms with Crippen LogP contribution in [0, 0.1) is 0 Å². The molecular formula is C17H18N4OS. The van der Waals surface area contributed by atoms with Crippen molar-refractivity contribution in [1.82, 2.24) is 19.4 Å². The molecule has 0 bridgehead atoms. The molecule has 1 aliphatic rings. The summed E-state index contributed by atoms with van der Waals surface area (Å²) >= 11 is 1.70. The van der Waals surface area contributed by atoms with Crippen LogP contribution < -0.4 is 4.74 Å². The largest absolute Gasteiger partial charge is 0.486 e. The van der Waals surface area contributed by atoms with Crippen LogP contribution in [0.3, 0.4) is 0 Å². The van der Waals surface area contributed by atoms with Crippen LogP contribution >= 0.6 is 11.3 Å². The highest BCUT2D eigenvalue weighted by atomic mass is 32.1. The maximum Gasteiger partial charge on any atom is 0.138 e. The second kappa shape index (κ2) is 6.52. The van der Waals surface area contributed by atoms with E-state index in [1.165, 1.54) is 5.69 Å². The summed E-state index contributed by atoms with van der Waals surface area (Å²) in [5.41, 5.74) is 1.32. The molecule has 3 aromatic rings. The minimum atomic E-state index is 0.0906. The lowest BCUT2D eigenvalue weighted by molar-refractivity contribution is 0.123. The van der Waals surface area contributed by atoms with E-state index in [4.69, 9.17) is 4.74 Å². The number of pyridine rings is 1. The number of hydrogen-bond donors (Lipinski definition) is 0. The molecule has 0 saturated heterocycles. The molecule has 0 aliphatic carbocycles. The maximum atomic E-state index is 6.17. The normalized spacial score (nSPS) is 18.3. The Morgan fingerprint density at radius 2 is 2.22 bits per heavy atom. The van der Waals surface area contributed by atoms with E-state index in [0.717, 1.165) is 36.9 Å². The third kappa shape index (κ3) is 3.43. The van der Waals surface area contributed by atoms with E-state index in [1.54, 1.807) is 23.7 Å². The molecule has 0 unspecified atom stereocenters. The van der Waals surface area contributed by atoms with E-state index in [-0.39, 0.29) is 6.10 Å². The first-order valence-corrected chi connectivity index (χ1v) is 8.56. The first kappa shape index (κ1) is 14.4. The predicted molar refractivity (Wildman–Crippen MR) is 89.3 cm³/mol. The minimum Gasteiger partial charge on any atom is -0.486 e. The highest BCUT2D eigenvalue weighted by molar-refractivity contribution is 7.09. The van der Waals surface area contributed by atoms with E-state index in [0.29, 0.717) is 0 Å². The fraction of sp³-hybridized carbons (Fsp3) is 0.294. The van der Waals surface area contributed by atoms with Crippen LogP contribution in [0.4, 0.5) is 0 Å². The highest BCUT2D eigenvalue weighted by Crippen LogP contribution is 2.20. The quantitative estimate of drug-likeness (QED) is 0.739. The molecule has 5 nitrogen and oxygen atoms in total. The van der Waals surface area contributed by atoms with Crippen molar-refractivity contribution in [2.45, 2.75) is 25.7 Å². The summed E-state index contributed by atoms with van der Waals surface area (Å²) in [5, 5.41) is 3.17. The van der Waals surface area contributed by atoms with Gasteiger partial charge in [0.05, 0.1) is 19.3 Å². The summed E-state index contributed by atoms with van der Waals surface area (Å²) in [7, 11) is 0. The zero-order valence-electron chi connectivity index (χ0n) is 12.7. The van der Waals surface area contributed by atoms with Gasteiger partial charge in [0.15, 0.2) is 0 Å². The molecule has 0 amide bonds. The fourth-order valence-corrected chi connectivity index (χ4v) is 3.61. The zero-order chi connectivity index (χ0) is 15.5. The van der Waals surface area contributed by atoms with Gasteiger partial charge in [0, 0.05) is 42.8 Å². The van der Waals surface area contributed by atoms with E-state index in [1.807, 2.05) is 23.7 Å². The molecule has 23 heavy (non-hydrogen) atoms. The number of thiazole rings is 1. The van der Waals surface area contributed by atoms with Crippen LogP contribution in [0.1, 0.15) is 10.7 Å². The van der Waals surface area contributed by atoms with Crippen molar-refractivity contribution in [1.29, 1.82) is 0 Å². The van der Waals surface area contributed by atoms with Crippen molar-refractivity contribution in [2.75, 3.05) is 6.54 Å². The SMILES string of the molecule is c1cncc(O[C@@H]2CN(Cc3nccs3)Cc3cccn3C2)c1. The van der Waals surface area contributed by atoms with Gasteiger partial charge < -0.3 is 9.30 Å². The van der Waals surface area contributed by atoms with Crippen LogP contribution in [-0.2, 0) is 19.6 Å². The molecule has 0 fully saturated rings. The van der Waals surface area contributed by atoms with Crippen molar-refractivity contribution in [3.05, 3.63) is 65.1 Å². The number of aromatic nitrogens is 3. The van der Waals surface area contributed by atoms with Gasteiger partial charge in [-0.05, 0) is 24.3 Å². The fourth-order valence-electron chi connectivity index (χ4n) is 2.96. The molecule has 118 valence electrons. The van der Waals surface area contributed by atoms with Crippen LogP contribution in [0.2, 0.25) is 0 Å². The molecule has 0 radical (unpaired) electrons. The third-order valence-corrected chi connectivity index (χ3v) is 4.72. The lowest BCUT2D eigenvalue weighted by atomic mass is 10.3. The topological polar surface area (TPSA) is 43.2 Å². The Hall–Kier alpha value is -2.18. The number of ether oxygens (including phenoxy) is 1. The Kier molecular flexibility index (Phi) is 4.08. The van der Waals surface area contributed by atoms with Gasteiger partial charge >= 0.3 is 0 Å². The molecule has 6 heteroatoms. The molecule has 0 spiro atoms. The summed E-state index contributed by atoms with van der Waals surface area (Å²) in [6.45, 7) is 3.50. The molecule has 4 heterocycles. The minimum absolute atomic E-state index is 0.0906. The van der Waals surface area contributed by atoms with Gasteiger partial charge in [-0.25, -0.2) is 4.98 Å². The van der Waals surface area contributed by atoms with Crippen LogP contribution in [-0.4, -0.2) is 32.1 Å². The second-order valence-corrected chi connectivity index (χ2v) is 6.66. The lowest BCUT2D eigenvalue weighted by Gasteiger charge is -2.23. The Balaban J connectivity index is 1.54. The number of hydrogen-bond acceptors (Lipinski definition) is 5. The van der Waals surface area contributed by atoms with Crippen molar-refractivity contribution in [2.24, 2.45) is 0 Å². The Morgan fingerprint density at radius 3 is 3.04 bits per heavy atom. The maximum absolute atomic E-state index is 6.17. The first-order chi connectivity index (χ1) is 11.4. The molecule has 1 atom stereocenters. The average molecular weight is 326 g/mol. The van der Waals surface area contributed by atoms with Crippen LogP contribution in [0.25, 0.3) is 0 Å². The Morgan fingerprint density at radius 1 is 1.22 bits per heavy atom. The molecule has 0 N–H and O–H groups in total. The summed E-state index contributed by atoms with van der Waals surface area (Å²) in [5.74, 6) is 0.822. The monoisotopic (exact) mass is 326 g/mol. The molecule has 0 saturated carbocycles. The molecule has 4 rings (SSSR count). The van der Waals surface area contributed by atoms with Crippen LogP contribution in [0.5, 0.6) is 5.75 Å². The summed E-state index contributed by atoms with van der Waals surface area (Å²) in [6.07, 6.45) is 7.62. The van der Waals surface area contributed by atoms with Gasteiger partial charge in [-0.3, -0.25) is 9.88 Å². The van der Waals surface area contributed by atoms with Gasteiger partial charge in [-0.15, -0.1) is 11.3 Å².